The number of aliphatic hydroxyl groups is 2. The van der Waals surface area contributed by atoms with Gasteiger partial charge in [-0.15, -0.1) is 0 Å². The Morgan fingerprint density at radius 2 is 0.976 bits per heavy atom. The molecule has 0 spiro atoms. The number of carbonyl (C=O) groups is 1. The first-order chi connectivity index (χ1) is 20.6. The van der Waals surface area contributed by atoms with Crippen molar-refractivity contribution < 1.29 is 19.5 Å². The summed E-state index contributed by atoms with van der Waals surface area (Å²) >= 11 is 0. The zero-order valence-corrected chi connectivity index (χ0v) is 29.4. The fourth-order valence-electron chi connectivity index (χ4n) is 5.99. The van der Waals surface area contributed by atoms with Gasteiger partial charge < -0.3 is 14.7 Å². The molecule has 4 nitrogen and oxygen atoms in total. The maximum Gasteiger partial charge on any atom is 0.167 e. The molecule has 3 unspecified atom stereocenters. The summed E-state index contributed by atoms with van der Waals surface area (Å²) in [5, 5.41) is 20.2. The van der Waals surface area contributed by atoms with Crippen molar-refractivity contribution in [3.05, 3.63) is 12.2 Å². The lowest BCUT2D eigenvalue weighted by molar-refractivity contribution is -0.148. The Balaban J connectivity index is 3.98. The zero-order valence-electron chi connectivity index (χ0n) is 28.2. The highest BCUT2D eigenvalue weighted by Crippen LogP contribution is 2.30. The van der Waals surface area contributed by atoms with E-state index >= 15 is 0 Å². The number of carbonyl (C=O) groups excluding carboxylic acids is 1. The molecule has 0 aromatic heterocycles. The Bertz CT molecular complexity index is 596. The molecule has 3 atom stereocenters. The van der Waals surface area contributed by atoms with Gasteiger partial charge in [0.2, 0.25) is 0 Å². The summed E-state index contributed by atoms with van der Waals surface area (Å²) in [5.41, 5.74) is -1.29. The molecule has 42 heavy (non-hydrogen) atoms. The van der Waals surface area contributed by atoms with Crippen LogP contribution < -0.4 is 0 Å². The molecule has 0 aliphatic rings. The normalized spacial score (nSPS) is 14.0. The molecule has 0 aromatic rings. The third-order valence-electron chi connectivity index (χ3n) is 8.96. The smallest absolute Gasteiger partial charge is 0.167 e. The predicted octanol–water partition coefficient (Wildman–Crippen LogP) is 11.4. The number of ketones is 1. The maximum absolute atomic E-state index is 13.2. The molecule has 0 heterocycles. The van der Waals surface area contributed by atoms with Crippen molar-refractivity contribution in [1.82, 2.24) is 0 Å². The first kappa shape index (κ1) is 41.7. The second-order valence-electron chi connectivity index (χ2n) is 12.8. The van der Waals surface area contributed by atoms with Crippen LogP contribution in [0.2, 0.25) is 0 Å². The Morgan fingerprint density at radius 1 is 0.619 bits per heavy atom. The second kappa shape index (κ2) is 32.1. The van der Waals surface area contributed by atoms with Crippen molar-refractivity contribution in [3.8, 4) is 0 Å². The highest BCUT2D eigenvalue weighted by molar-refractivity contribution is 7.10. The lowest BCUT2D eigenvalue weighted by Gasteiger charge is -2.34. The van der Waals surface area contributed by atoms with E-state index in [1.165, 1.54) is 128 Å². The van der Waals surface area contributed by atoms with Crippen LogP contribution in [0.3, 0.4) is 0 Å². The number of allylic oxidation sites excluding steroid dienone is 2. The fraction of sp³-hybridized carbons (Fsp3) is 0.919. The highest BCUT2D eigenvalue weighted by Gasteiger charge is 2.44. The van der Waals surface area contributed by atoms with E-state index in [-0.39, 0.29) is 5.78 Å². The Kier molecular flexibility index (Phi) is 31.9. The minimum absolute atomic E-state index is 0.0635. The molecule has 0 fully saturated rings. The van der Waals surface area contributed by atoms with Crippen molar-refractivity contribution in [2.45, 2.75) is 212 Å². The zero-order chi connectivity index (χ0) is 31.0. The predicted molar refractivity (Wildman–Crippen MR) is 186 cm³/mol. The quantitative estimate of drug-likeness (QED) is 0.0431. The van der Waals surface area contributed by atoms with Gasteiger partial charge in [-0.2, -0.15) is 0 Å². The van der Waals surface area contributed by atoms with E-state index in [1.54, 1.807) is 0 Å². The molecule has 0 aliphatic carbocycles. The molecule has 0 aliphatic heterocycles. The molecule has 0 amide bonds. The lowest BCUT2D eigenvalue weighted by atomic mass is 9.84. The molecule has 5 heteroatoms. The van der Waals surface area contributed by atoms with Crippen molar-refractivity contribution in [2.24, 2.45) is 0 Å². The SMILES string of the molecule is CCCCCCCCC=CCCCCCCCC(=O)C(CCCCCCCCCCCCCCCC)(OP)C(O)CO. The van der Waals surface area contributed by atoms with E-state index in [4.69, 9.17) is 4.52 Å². The standard InChI is InChI=1S/C37H73O4P/c1-3-5-7-9-11-13-15-17-19-20-22-24-26-28-30-32-35(39)37(41-42,36(40)34-38)33-31-29-27-25-23-21-18-16-14-12-10-8-6-4-2/h17,19,36,38,40H,3-16,18,20-34,42H2,1-2H3. The number of rotatable bonds is 34. The molecular weight excluding hydrogens is 539 g/mol. The van der Waals surface area contributed by atoms with E-state index < -0.39 is 18.3 Å². The van der Waals surface area contributed by atoms with E-state index in [0.29, 0.717) is 12.8 Å². The minimum atomic E-state index is -1.29. The van der Waals surface area contributed by atoms with E-state index in [0.717, 1.165) is 44.9 Å². The summed E-state index contributed by atoms with van der Waals surface area (Å²) in [7, 11) is 2.19. The van der Waals surface area contributed by atoms with Crippen LogP contribution in [0.5, 0.6) is 0 Å². The second-order valence-corrected chi connectivity index (χ2v) is 13.0. The summed E-state index contributed by atoms with van der Waals surface area (Å²) in [4.78, 5) is 13.2. The van der Waals surface area contributed by atoms with Crippen LogP contribution in [0.15, 0.2) is 12.2 Å². The van der Waals surface area contributed by atoms with Crippen LogP contribution in [0.4, 0.5) is 0 Å². The molecule has 2 N–H and O–H groups in total. The number of Topliss-reactive ketones (excluding diaryl/α,β-unsaturated/α-hetero) is 1. The van der Waals surface area contributed by atoms with Gasteiger partial charge >= 0.3 is 0 Å². The Labute approximate surface area is 264 Å². The van der Waals surface area contributed by atoms with Gasteiger partial charge in [0, 0.05) is 15.9 Å². The number of hydrogen-bond donors (Lipinski definition) is 2. The van der Waals surface area contributed by atoms with Crippen LogP contribution in [0.1, 0.15) is 200 Å². The Hall–Kier alpha value is -0.280. The van der Waals surface area contributed by atoms with E-state index in [2.05, 4.69) is 35.5 Å². The van der Waals surface area contributed by atoms with Crippen molar-refractivity contribution >= 4 is 15.2 Å². The summed E-state index contributed by atoms with van der Waals surface area (Å²) in [6, 6.07) is 0. The van der Waals surface area contributed by atoms with Gasteiger partial charge in [-0.1, -0.05) is 161 Å². The molecule has 0 rings (SSSR count). The van der Waals surface area contributed by atoms with Gasteiger partial charge in [-0.25, -0.2) is 0 Å². The average molecular weight is 613 g/mol. The summed E-state index contributed by atoms with van der Waals surface area (Å²) in [6.45, 7) is 4.08. The molecule has 0 bridgehead atoms. The van der Waals surface area contributed by atoms with Crippen LogP contribution in [0.25, 0.3) is 0 Å². The van der Waals surface area contributed by atoms with Crippen LogP contribution in [-0.4, -0.2) is 34.3 Å². The first-order valence-corrected chi connectivity index (χ1v) is 18.9. The maximum atomic E-state index is 13.2. The monoisotopic (exact) mass is 613 g/mol. The topological polar surface area (TPSA) is 66.8 Å². The Morgan fingerprint density at radius 3 is 1.36 bits per heavy atom. The average Bonchev–Trinajstić information content (AvgIpc) is 3.00. The summed E-state index contributed by atoms with van der Waals surface area (Å²) < 4.78 is 5.59. The molecule has 0 radical (unpaired) electrons. The third kappa shape index (κ3) is 23.1. The summed E-state index contributed by atoms with van der Waals surface area (Å²) in [5.74, 6) is -0.0635. The van der Waals surface area contributed by atoms with Crippen LogP contribution >= 0.6 is 9.47 Å². The molecular formula is C37H73O4P. The minimum Gasteiger partial charge on any atom is -0.394 e. The number of unbranched alkanes of at least 4 members (excludes halogenated alkanes) is 24. The highest BCUT2D eigenvalue weighted by atomic mass is 31.0. The van der Waals surface area contributed by atoms with E-state index in [1.807, 2.05) is 0 Å². The molecule has 0 saturated heterocycles. The van der Waals surface area contributed by atoms with Gasteiger partial charge in [-0.3, -0.25) is 4.79 Å². The molecule has 0 saturated carbocycles. The van der Waals surface area contributed by atoms with Gasteiger partial charge in [0.25, 0.3) is 0 Å². The van der Waals surface area contributed by atoms with Crippen molar-refractivity contribution in [3.63, 3.8) is 0 Å². The van der Waals surface area contributed by atoms with Gasteiger partial charge in [-0.05, 0) is 44.9 Å². The van der Waals surface area contributed by atoms with Crippen LogP contribution in [0, 0.1) is 0 Å². The van der Waals surface area contributed by atoms with Crippen LogP contribution in [-0.2, 0) is 9.32 Å². The van der Waals surface area contributed by atoms with Gasteiger partial charge in [0.1, 0.15) is 6.10 Å². The van der Waals surface area contributed by atoms with Gasteiger partial charge in [0.15, 0.2) is 11.4 Å². The van der Waals surface area contributed by atoms with Gasteiger partial charge in [0.05, 0.1) is 6.61 Å². The van der Waals surface area contributed by atoms with E-state index in [9.17, 15) is 15.0 Å². The fourth-order valence-corrected chi connectivity index (χ4v) is 6.40. The van der Waals surface area contributed by atoms with Crippen molar-refractivity contribution in [2.75, 3.05) is 6.61 Å². The first-order valence-electron chi connectivity index (χ1n) is 18.4. The third-order valence-corrected chi connectivity index (χ3v) is 9.38. The molecule has 0 aromatic carbocycles. The summed E-state index contributed by atoms with van der Waals surface area (Å²) in [6.07, 6.45) is 38.2. The number of aliphatic hydroxyl groups excluding tert-OH is 2. The molecule has 250 valence electrons. The lowest BCUT2D eigenvalue weighted by Crippen LogP contribution is -2.51. The van der Waals surface area contributed by atoms with Crippen molar-refractivity contribution in [1.29, 1.82) is 0 Å². The largest absolute Gasteiger partial charge is 0.394 e. The number of hydrogen-bond acceptors (Lipinski definition) is 4.